The lowest BCUT2D eigenvalue weighted by Gasteiger charge is -2.29. The summed E-state index contributed by atoms with van der Waals surface area (Å²) in [4.78, 5) is 11.6. The van der Waals surface area contributed by atoms with Crippen LogP contribution >= 0.6 is 0 Å². The minimum absolute atomic E-state index is 0.180. The second kappa shape index (κ2) is 5.09. The summed E-state index contributed by atoms with van der Waals surface area (Å²) in [5, 5.41) is 12.5. The molecule has 0 saturated heterocycles. The van der Waals surface area contributed by atoms with E-state index in [1.165, 1.54) is 17.5 Å². The molecule has 0 aliphatic heterocycles. The average molecular weight is 275 g/mol. The lowest BCUT2D eigenvalue weighted by molar-refractivity contribution is -0.147. The summed E-state index contributed by atoms with van der Waals surface area (Å²) in [6, 6.07) is 6.13. The molecule has 0 aromatic heterocycles. The van der Waals surface area contributed by atoms with Gasteiger partial charge in [0.05, 0.1) is 0 Å². The highest BCUT2D eigenvalue weighted by atomic mass is 16.5. The number of aryl methyl sites for hydroxylation is 2. The summed E-state index contributed by atoms with van der Waals surface area (Å²) in [6.45, 7) is 0.183. The SMILES string of the molecule is CNC(COc1ccc2c(c1)CCC2)(C(=O)O)C1CC1. The van der Waals surface area contributed by atoms with Crippen LogP contribution in [-0.2, 0) is 17.6 Å². The predicted octanol–water partition coefficient (Wildman–Crippen LogP) is 2.01. The number of likely N-dealkylation sites (N-methyl/N-ethyl adjacent to an activating group) is 1. The molecule has 2 N–H and O–H groups in total. The zero-order valence-corrected chi connectivity index (χ0v) is 11.8. The molecule has 1 atom stereocenters. The van der Waals surface area contributed by atoms with Crippen LogP contribution in [-0.4, -0.2) is 30.3 Å². The van der Waals surface area contributed by atoms with Crippen molar-refractivity contribution >= 4 is 5.97 Å². The number of aliphatic carboxylic acids is 1. The highest BCUT2D eigenvalue weighted by Crippen LogP contribution is 2.40. The molecular formula is C16H21NO3. The second-order valence-corrected chi connectivity index (χ2v) is 5.87. The Morgan fingerprint density at radius 2 is 2.15 bits per heavy atom. The first-order valence-corrected chi connectivity index (χ1v) is 7.32. The number of fused-ring (bicyclic) bond motifs is 1. The largest absolute Gasteiger partial charge is 0.491 e. The van der Waals surface area contributed by atoms with Crippen LogP contribution in [0, 0.1) is 5.92 Å². The van der Waals surface area contributed by atoms with Gasteiger partial charge in [0.1, 0.15) is 12.4 Å². The molecule has 4 nitrogen and oxygen atoms in total. The van der Waals surface area contributed by atoms with Gasteiger partial charge >= 0.3 is 5.97 Å². The van der Waals surface area contributed by atoms with Gasteiger partial charge in [0, 0.05) is 0 Å². The quantitative estimate of drug-likeness (QED) is 0.834. The van der Waals surface area contributed by atoms with E-state index in [0.717, 1.165) is 31.4 Å². The molecule has 2 aliphatic rings. The number of hydrogen-bond acceptors (Lipinski definition) is 3. The van der Waals surface area contributed by atoms with E-state index in [0.29, 0.717) is 0 Å². The number of carboxylic acid groups (broad SMARTS) is 1. The number of carboxylic acids is 1. The van der Waals surface area contributed by atoms with Crippen LogP contribution in [0.3, 0.4) is 0 Å². The Bertz CT molecular complexity index is 524. The number of nitrogens with one attached hydrogen (secondary N) is 1. The maximum absolute atomic E-state index is 11.6. The molecule has 0 amide bonds. The van der Waals surface area contributed by atoms with Gasteiger partial charge in [-0.2, -0.15) is 0 Å². The third kappa shape index (κ3) is 2.29. The van der Waals surface area contributed by atoms with Crippen molar-refractivity contribution in [3.63, 3.8) is 0 Å². The molecular weight excluding hydrogens is 254 g/mol. The summed E-state index contributed by atoms with van der Waals surface area (Å²) in [5.74, 6) is 0.148. The molecule has 1 saturated carbocycles. The summed E-state index contributed by atoms with van der Waals surface area (Å²) in [6.07, 6.45) is 5.37. The number of benzene rings is 1. The summed E-state index contributed by atoms with van der Waals surface area (Å²) in [5.41, 5.74) is 1.80. The van der Waals surface area contributed by atoms with Gasteiger partial charge in [-0.1, -0.05) is 6.07 Å². The van der Waals surface area contributed by atoms with E-state index in [9.17, 15) is 9.90 Å². The van der Waals surface area contributed by atoms with Gasteiger partial charge in [-0.3, -0.25) is 4.79 Å². The molecule has 3 rings (SSSR count). The smallest absolute Gasteiger partial charge is 0.327 e. The number of hydrogen-bond donors (Lipinski definition) is 2. The zero-order valence-electron chi connectivity index (χ0n) is 11.8. The highest BCUT2D eigenvalue weighted by molar-refractivity contribution is 5.80. The first-order valence-electron chi connectivity index (χ1n) is 7.32. The van der Waals surface area contributed by atoms with Gasteiger partial charge in [0.15, 0.2) is 5.54 Å². The van der Waals surface area contributed by atoms with E-state index in [4.69, 9.17) is 4.74 Å². The number of ether oxygens (including phenoxy) is 1. The first kappa shape index (κ1) is 13.4. The minimum Gasteiger partial charge on any atom is -0.491 e. The Hall–Kier alpha value is -1.55. The summed E-state index contributed by atoms with van der Waals surface area (Å²) >= 11 is 0. The van der Waals surface area contributed by atoms with Crippen molar-refractivity contribution in [1.82, 2.24) is 5.32 Å². The van der Waals surface area contributed by atoms with E-state index in [2.05, 4.69) is 17.4 Å². The van der Waals surface area contributed by atoms with Gasteiger partial charge in [0.2, 0.25) is 0 Å². The molecule has 20 heavy (non-hydrogen) atoms. The second-order valence-electron chi connectivity index (χ2n) is 5.87. The molecule has 0 radical (unpaired) electrons. The van der Waals surface area contributed by atoms with Gasteiger partial charge in [-0.15, -0.1) is 0 Å². The van der Waals surface area contributed by atoms with Crippen LogP contribution in [0.4, 0.5) is 0 Å². The maximum atomic E-state index is 11.6. The van der Waals surface area contributed by atoms with Crippen LogP contribution in [0.15, 0.2) is 18.2 Å². The molecule has 0 heterocycles. The van der Waals surface area contributed by atoms with Gasteiger partial charge in [-0.25, -0.2) is 0 Å². The van der Waals surface area contributed by atoms with Crippen LogP contribution in [0.5, 0.6) is 5.75 Å². The molecule has 1 fully saturated rings. The molecule has 108 valence electrons. The van der Waals surface area contributed by atoms with E-state index in [1.807, 2.05) is 6.07 Å². The lowest BCUT2D eigenvalue weighted by atomic mass is 9.94. The topological polar surface area (TPSA) is 58.6 Å². The fourth-order valence-corrected chi connectivity index (χ4v) is 3.15. The Labute approximate surface area is 119 Å². The number of rotatable bonds is 6. The molecule has 2 aliphatic carbocycles. The summed E-state index contributed by atoms with van der Waals surface area (Å²) < 4.78 is 5.81. The number of carbonyl (C=O) groups is 1. The third-order valence-electron chi connectivity index (χ3n) is 4.64. The van der Waals surface area contributed by atoms with Gasteiger partial charge in [0.25, 0.3) is 0 Å². The molecule has 1 aromatic rings. The van der Waals surface area contributed by atoms with Crippen molar-refractivity contribution in [1.29, 1.82) is 0 Å². The Morgan fingerprint density at radius 1 is 1.40 bits per heavy atom. The van der Waals surface area contributed by atoms with Crippen molar-refractivity contribution in [2.75, 3.05) is 13.7 Å². The van der Waals surface area contributed by atoms with Crippen LogP contribution in [0.2, 0.25) is 0 Å². The maximum Gasteiger partial charge on any atom is 0.327 e. The minimum atomic E-state index is -0.945. The molecule has 4 heteroatoms. The average Bonchev–Trinajstić information content (AvgIpc) is 3.18. The van der Waals surface area contributed by atoms with Crippen LogP contribution in [0.1, 0.15) is 30.4 Å². The van der Waals surface area contributed by atoms with Crippen molar-refractivity contribution in [2.45, 2.75) is 37.6 Å². The molecule has 0 spiro atoms. The fourth-order valence-electron chi connectivity index (χ4n) is 3.15. The normalized spacial score (nSPS) is 20.2. The van der Waals surface area contributed by atoms with E-state index < -0.39 is 11.5 Å². The van der Waals surface area contributed by atoms with E-state index in [1.54, 1.807) is 7.05 Å². The van der Waals surface area contributed by atoms with Gasteiger partial charge in [-0.05, 0) is 68.3 Å². The predicted molar refractivity (Wildman–Crippen MR) is 76.1 cm³/mol. The summed E-state index contributed by atoms with van der Waals surface area (Å²) in [7, 11) is 1.71. The Balaban J connectivity index is 1.73. The standard InChI is InChI=1S/C16H21NO3/c1-17-16(15(18)19,13-6-7-13)10-20-14-8-5-11-3-2-4-12(11)9-14/h5,8-9,13,17H,2-4,6-7,10H2,1H3,(H,18,19). The lowest BCUT2D eigenvalue weighted by Crippen LogP contribution is -2.56. The third-order valence-corrected chi connectivity index (χ3v) is 4.64. The van der Waals surface area contributed by atoms with Crippen molar-refractivity contribution in [2.24, 2.45) is 5.92 Å². The fraction of sp³-hybridized carbons (Fsp3) is 0.562. The molecule has 1 unspecified atom stereocenters. The van der Waals surface area contributed by atoms with Crippen LogP contribution in [0.25, 0.3) is 0 Å². The zero-order chi connectivity index (χ0) is 14.2. The molecule has 1 aromatic carbocycles. The van der Waals surface area contributed by atoms with Crippen molar-refractivity contribution in [3.8, 4) is 5.75 Å². The van der Waals surface area contributed by atoms with E-state index in [-0.39, 0.29) is 12.5 Å². The van der Waals surface area contributed by atoms with Crippen molar-refractivity contribution in [3.05, 3.63) is 29.3 Å². The monoisotopic (exact) mass is 275 g/mol. The molecule has 0 bridgehead atoms. The van der Waals surface area contributed by atoms with Crippen molar-refractivity contribution < 1.29 is 14.6 Å². The highest BCUT2D eigenvalue weighted by Gasteiger charge is 2.51. The van der Waals surface area contributed by atoms with Gasteiger partial charge < -0.3 is 15.2 Å². The van der Waals surface area contributed by atoms with Crippen LogP contribution < -0.4 is 10.1 Å². The Kier molecular flexibility index (Phi) is 3.42. The Morgan fingerprint density at radius 3 is 2.80 bits per heavy atom. The van der Waals surface area contributed by atoms with E-state index >= 15 is 0 Å². The first-order chi connectivity index (χ1) is 9.65.